The summed E-state index contributed by atoms with van der Waals surface area (Å²) in [6.07, 6.45) is 0. The molecule has 1 amide bonds. The van der Waals surface area contributed by atoms with Crippen molar-refractivity contribution >= 4 is 35.8 Å². The molecular formula is C22H31IN4O2. The van der Waals surface area contributed by atoms with Gasteiger partial charge in [0.2, 0.25) is 0 Å². The zero-order valence-electron chi connectivity index (χ0n) is 17.8. The van der Waals surface area contributed by atoms with E-state index in [2.05, 4.69) is 40.3 Å². The summed E-state index contributed by atoms with van der Waals surface area (Å²) in [5.74, 6) is 1.43. The minimum Gasteiger partial charge on any atom is -0.484 e. The van der Waals surface area contributed by atoms with E-state index >= 15 is 0 Å². The van der Waals surface area contributed by atoms with Crippen LogP contribution >= 0.6 is 24.0 Å². The van der Waals surface area contributed by atoms with E-state index in [1.165, 1.54) is 16.0 Å². The molecular weight excluding hydrogens is 479 g/mol. The summed E-state index contributed by atoms with van der Waals surface area (Å²) in [6, 6.07) is 16.1. The molecule has 29 heavy (non-hydrogen) atoms. The molecule has 0 aliphatic carbocycles. The Labute approximate surface area is 191 Å². The number of likely N-dealkylation sites (N-methyl/N-ethyl adjacent to an activating group) is 1. The molecule has 158 valence electrons. The van der Waals surface area contributed by atoms with Gasteiger partial charge in [0.05, 0.1) is 0 Å². The van der Waals surface area contributed by atoms with Crippen LogP contribution in [0.15, 0.2) is 53.5 Å². The molecule has 2 aromatic rings. The molecule has 7 heteroatoms. The smallest absolute Gasteiger partial charge is 0.259 e. The second kappa shape index (κ2) is 12.3. The molecule has 2 rings (SSSR count). The van der Waals surface area contributed by atoms with Crippen molar-refractivity contribution in [1.82, 2.24) is 15.1 Å². The van der Waals surface area contributed by atoms with Gasteiger partial charge in [0.25, 0.3) is 5.91 Å². The summed E-state index contributed by atoms with van der Waals surface area (Å²) in [6.45, 7) is 3.54. The second-order valence-corrected chi connectivity index (χ2v) is 6.91. The molecule has 0 aliphatic heterocycles. The molecule has 0 fully saturated rings. The number of halogens is 1. The van der Waals surface area contributed by atoms with Crippen LogP contribution < -0.4 is 10.1 Å². The quantitative estimate of drug-likeness (QED) is 0.353. The van der Waals surface area contributed by atoms with Crippen LogP contribution in [-0.2, 0) is 17.9 Å². The molecule has 1 N–H and O–H groups in total. The monoisotopic (exact) mass is 510 g/mol. The van der Waals surface area contributed by atoms with Crippen molar-refractivity contribution in [3.8, 4) is 5.75 Å². The zero-order valence-corrected chi connectivity index (χ0v) is 20.1. The summed E-state index contributed by atoms with van der Waals surface area (Å²) in [5.41, 5.74) is 3.59. The van der Waals surface area contributed by atoms with Crippen LogP contribution in [0.25, 0.3) is 0 Å². The largest absolute Gasteiger partial charge is 0.484 e. The summed E-state index contributed by atoms with van der Waals surface area (Å²) in [5, 5.41) is 3.38. The first kappa shape index (κ1) is 24.7. The molecule has 6 nitrogen and oxygen atoms in total. The molecule has 0 bridgehead atoms. The normalized spacial score (nSPS) is 10.7. The fourth-order valence-electron chi connectivity index (χ4n) is 2.70. The lowest BCUT2D eigenvalue weighted by molar-refractivity contribution is -0.130. The minimum atomic E-state index is -0.0678. The Balaban J connectivity index is 0.00000420. The van der Waals surface area contributed by atoms with Crippen LogP contribution in [0.3, 0.4) is 0 Å². The Morgan fingerprint density at radius 1 is 1.10 bits per heavy atom. The molecule has 0 atom stereocenters. The maximum absolute atomic E-state index is 11.7. The van der Waals surface area contributed by atoms with E-state index in [9.17, 15) is 4.79 Å². The van der Waals surface area contributed by atoms with Crippen molar-refractivity contribution in [3.63, 3.8) is 0 Å². The Bertz CT molecular complexity index is 824. The van der Waals surface area contributed by atoms with Crippen LogP contribution in [0.4, 0.5) is 0 Å². The number of hydrogen-bond acceptors (Lipinski definition) is 3. The van der Waals surface area contributed by atoms with E-state index in [4.69, 9.17) is 4.74 Å². The van der Waals surface area contributed by atoms with Gasteiger partial charge in [-0.1, -0.05) is 36.4 Å². The molecule has 0 saturated heterocycles. The lowest BCUT2D eigenvalue weighted by atomic mass is 10.1. The van der Waals surface area contributed by atoms with Gasteiger partial charge < -0.3 is 19.9 Å². The highest BCUT2D eigenvalue weighted by molar-refractivity contribution is 14.0. The average molecular weight is 510 g/mol. The maximum atomic E-state index is 11.7. The number of aryl methyl sites for hydroxylation is 1. The number of carbonyl (C=O) groups is 1. The highest BCUT2D eigenvalue weighted by Crippen LogP contribution is 2.14. The van der Waals surface area contributed by atoms with Gasteiger partial charge in [0.1, 0.15) is 5.75 Å². The van der Waals surface area contributed by atoms with Crippen molar-refractivity contribution in [2.45, 2.75) is 20.0 Å². The Kier molecular flexibility index (Phi) is 10.5. The van der Waals surface area contributed by atoms with E-state index < -0.39 is 0 Å². The van der Waals surface area contributed by atoms with Crippen molar-refractivity contribution in [2.24, 2.45) is 4.99 Å². The van der Waals surface area contributed by atoms with E-state index in [-0.39, 0.29) is 36.5 Å². The molecule has 2 aromatic carbocycles. The van der Waals surface area contributed by atoms with Crippen LogP contribution in [0, 0.1) is 6.92 Å². The Morgan fingerprint density at radius 2 is 1.83 bits per heavy atom. The maximum Gasteiger partial charge on any atom is 0.259 e. The topological polar surface area (TPSA) is 57.2 Å². The number of carbonyl (C=O) groups excluding carboxylic acids is 1. The SMILES string of the molecule is CN=C(NCc1cccc(OCC(=O)N(C)C)c1)N(C)Cc1ccccc1C.I. The molecule has 0 spiro atoms. The Morgan fingerprint density at radius 3 is 2.48 bits per heavy atom. The van der Waals surface area contributed by atoms with E-state index in [0.29, 0.717) is 12.3 Å². The lowest BCUT2D eigenvalue weighted by Crippen LogP contribution is -2.38. The third-order valence-electron chi connectivity index (χ3n) is 4.45. The second-order valence-electron chi connectivity index (χ2n) is 6.91. The van der Waals surface area contributed by atoms with Crippen LogP contribution in [0.2, 0.25) is 0 Å². The number of guanidine groups is 1. The van der Waals surface area contributed by atoms with Crippen LogP contribution in [0.1, 0.15) is 16.7 Å². The van der Waals surface area contributed by atoms with Crippen molar-refractivity contribution in [2.75, 3.05) is 34.8 Å². The van der Waals surface area contributed by atoms with Gasteiger partial charge in [-0.25, -0.2) is 0 Å². The standard InChI is InChI=1S/C22H30N4O2.HI/c1-17-9-6-7-11-19(17)15-26(5)22(23-2)24-14-18-10-8-12-20(13-18)28-16-21(27)25(3)4;/h6-13H,14-16H2,1-5H3,(H,23,24);1H. The number of nitrogens with one attached hydrogen (secondary N) is 1. The third kappa shape index (κ3) is 7.92. The first-order chi connectivity index (χ1) is 13.4. The van der Waals surface area contributed by atoms with E-state index in [1.807, 2.05) is 37.4 Å². The summed E-state index contributed by atoms with van der Waals surface area (Å²) < 4.78 is 5.58. The lowest BCUT2D eigenvalue weighted by Gasteiger charge is -2.23. The van der Waals surface area contributed by atoms with Gasteiger partial charge in [-0.3, -0.25) is 9.79 Å². The van der Waals surface area contributed by atoms with Crippen LogP contribution in [0.5, 0.6) is 5.75 Å². The molecule has 0 saturated carbocycles. The van der Waals surface area contributed by atoms with Gasteiger partial charge in [0.15, 0.2) is 12.6 Å². The molecule has 0 aromatic heterocycles. The number of aliphatic imine (C=N–C) groups is 1. The van der Waals surface area contributed by atoms with Crippen molar-refractivity contribution in [3.05, 3.63) is 65.2 Å². The first-order valence-electron chi connectivity index (χ1n) is 9.29. The van der Waals surface area contributed by atoms with Crippen molar-refractivity contribution in [1.29, 1.82) is 0 Å². The third-order valence-corrected chi connectivity index (χ3v) is 4.45. The van der Waals surface area contributed by atoms with Crippen LogP contribution in [-0.4, -0.2) is 56.5 Å². The summed E-state index contributed by atoms with van der Waals surface area (Å²) in [4.78, 5) is 19.7. The number of ether oxygens (including phenoxy) is 1. The molecule has 0 heterocycles. The van der Waals surface area contributed by atoms with Crippen molar-refractivity contribution < 1.29 is 9.53 Å². The van der Waals surface area contributed by atoms with Gasteiger partial charge in [-0.15, -0.1) is 24.0 Å². The fourth-order valence-corrected chi connectivity index (χ4v) is 2.70. The first-order valence-corrected chi connectivity index (χ1v) is 9.29. The highest BCUT2D eigenvalue weighted by atomic mass is 127. The predicted octanol–water partition coefficient (Wildman–Crippen LogP) is 3.29. The Hall–Kier alpha value is -2.29. The highest BCUT2D eigenvalue weighted by Gasteiger charge is 2.09. The van der Waals surface area contributed by atoms with E-state index in [0.717, 1.165) is 18.1 Å². The number of rotatable bonds is 7. The molecule has 0 unspecified atom stereocenters. The number of hydrogen-bond donors (Lipinski definition) is 1. The fraction of sp³-hybridized carbons (Fsp3) is 0.364. The summed E-state index contributed by atoms with van der Waals surface area (Å²) >= 11 is 0. The van der Waals surface area contributed by atoms with Gasteiger partial charge >= 0.3 is 0 Å². The predicted molar refractivity (Wildman–Crippen MR) is 129 cm³/mol. The number of nitrogens with zero attached hydrogens (tertiary/aromatic N) is 3. The molecule has 0 aliphatic rings. The van der Waals surface area contributed by atoms with Gasteiger partial charge in [-0.05, 0) is 35.7 Å². The molecule has 0 radical (unpaired) electrons. The van der Waals surface area contributed by atoms with Gasteiger partial charge in [-0.2, -0.15) is 0 Å². The average Bonchev–Trinajstić information content (AvgIpc) is 2.68. The number of amides is 1. The number of benzene rings is 2. The minimum absolute atomic E-state index is 0. The van der Waals surface area contributed by atoms with E-state index in [1.54, 1.807) is 21.1 Å². The zero-order chi connectivity index (χ0) is 20.5. The summed E-state index contributed by atoms with van der Waals surface area (Å²) in [7, 11) is 7.23. The van der Waals surface area contributed by atoms with Gasteiger partial charge in [0, 0.05) is 41.3 Å².